The normalized spacial score (nSPS) is 14.0. The summed E-state index contributed by atoms with van der Waals surface area (Å²) in [5.41, 5.74) is 6.58. The van der Waals surface area contributed by atoms with Crippen LogP contribution >= 0.6 is 23.2 Å². The summed E-state index contributed by atoms with van der Waals surface area (Å²) in [5.74, 6) is 0.212. The lowest BCUT2D eigenvalue weighted by atomic mass is 10.1. The molecule has 0 aliphatic rings. The Balaban J connectivity index is 2.55. The molecule has 0 saturated heterocycles. The maximum absolute atomic E-state index is 10.9. The number of rotatable bonds is 6. The molecule has 0 spiro atoms. The first-order chi connectivity index (χ1) is 9.69. The number of aliphatic imine (C=N–C) groups is 1. The van der Waals surface area contributed by atoms with Crippen LogP contribution < -0.4 is 15.8 Å². The largest absolute Gasteiger partial charge is 0.370 e. The van der Waals surface area contributed by atoms with Crippen molar-refractivity contribution >= 4 is 39.2 Å². The molecule has 118 valence electrons. The number of nitrogens with one attached hydrogen (secondary N) is 2. The van der Waals surface area contributed by atoms with E-state index in [0.717, 1.165) is 11.8 Å². The lowest BCUT2D eigenvalue weighted by molar-refractivity contribution is 0.588. The van der Waals surface area contributed by atoms with Crippen LogP contribution in [0.25, 0.3) is 0 Å². The molecular weight excluding hydrogens is 335 g/mol. The van der Waals surface area contributed by atoms with Crippen molar-refractivity contribution in [1.29, 1.82) is 0 Å². The zero-order valence-electron chi connectivity index (χ0n) is 11.7. The van der Waals surface area contributed by atoms with Gasteiger partial charge in [0.15, 0.2) is 5.96 Å². The van der Waals surface area contributed by atoms with Crippen LogP contribution in [-0.4, -0.2) is 33.7 Å². The highest BCUT2D eigenvalue weighted by atomic mass is 35.5. The van der Waals surface area contributed by atoms with Crippen molar-refractivity contribution in [3.8, 4) is 0 Å². The second kappa shape index (κ2) is 7.84. The van der Waals surface area contributed by atoms with Crippen LogP contribution in [-0.2, 0) is 10.0 Å². The molecule has 1 rings (SSSR count). The second-order valence-corrected chi connectivity index (χ2v) is 7.14. The Morgan fingerprint density at radius 3 is 2.67 bits per heavy atom. The molecule has 9 heteroatoms. The number of nitrogens with zero attached hydrogens (tertiary/aromatic N) is 1. The summed E-state index contributed by atoms with van der Waals surface area (Å²) in [6, 6.07) is 5.05. The molecule has 1 unspecified atom stereocenters. The number of benzene rings is 1. The number of halogens is 2. The Hall–Kier alpha value is -1.02. The van der Waals surface area contributed by atoms with E-state index in [4.69, 9.17) is 28.9 Å². The Kier molecular flexibility index (Phi) is 6.73. The van der Waals surface area contributed by atoms with Crippen molar-refractivity contribution in [2.24, 2.45) is 10.7 Å². The lowest BCUT2D eigenvalue weighted by Crippen LogP contribution is -2.35. The van der Waals surface area contributed by atoms with Crippen LogP contribution in [0.5, 0.6) is 0 Å². The molecule has 0 aliphatic heterocycles. The Morgan fingerprint density at radius 1 is 1.43 bits per heavy atom. The Morgan fingerprint density at radius 2 is 2.10 bits per heavy atom. The van der Waals surface area contributed by atoms with Crippen LogP contribution in [0.15, 0.2) is 23.2 Å². The van der Waals surface area contributed by atoms with E-state index in [0.29, 0.717) is 10.0 Å². The smallest absolute Gasteiger partial charge is 0.208 e. The summed E-state index contributed by atoms with van der Waals surface area (Å²) in [6.07, 6.45) is 1.09. The monoisotopic (exact) mass is 352 g/mol. The van der Waals surface area contributed by atoms with Gasteiger partial charge in [-0.25, -0.2) is 13.1 Å². The maximum Gasteiger partial charge on any atom is 0.208 e. The van der Waals surface area contributed by atoms with Gasteiger partial charge in [0.05, 0.1) is 18.8 Å². The van der Waals surface area contributed by atoms with Crippen molar-refractivity contribution in [3.05, 3.63) is 33.8 Å². The van der Waals surface area contributed by atoms with Gasteiger partial charge >= 0.3 is 0 Å². The minimum absolute atomic E-state index is 0.151. The number of sulfonamides is 1. The molecule has 0 aromatic heterocycles. The fraction of sp³-hybridized carbons (Fsp3) is 0.417. The van der Waals surface area contributed by atoms with Crippen LogP contribution in [0.2, 0.25) is 10.0 Å². The topological polar surface area (TPSA) is 96.6 Å². The van der Waals surface area contributed by atoms with Crippen LogP contribution in [0.3, 0.4) is 0 Å². The van der Waals surface area contributed by atoms with Gasteiger partial charge < -0.3 is 11.1 Å². The number of guanidine groups is 1. The average Bonchev–Trinajstić information content (AvgIpc) is 2.33. The van der Waals surface area contributed by atoms with E-state index in [9.17, 15) is 8.42 Å². The number of nitrogens with two attached hydrogens (primary N) is 1. The molecule has 6 nitrogen and oxygen atoms in total. The van der Waals surface area contributed by atoms with E-state index < -0.39 is 10.0 Å². The summed E-state index contributed by atoms with van der Waals surface area (Å²) in [4.78, 5) is 4.03. The summed E-state index contributed by atoms with van der Waals surface area (Å²) in [5, 5.41) is 4.07. The minimum Gasteiger partial charge on any atom is -0.370 e. The zero-order valence-corrected chi connectivity index (χ0v) is 14.1. The first-order valence-electron chi connectivity index (χ1n) is 6.15. The molecule has 0 bridgehead atoms. The summed E-state index contributed by atoms with van der Waals surface area (Å²) >= 11 is 11.9. The van der Waals surface area contributed by atoms with Crippen LogP contribution in [0.1, 0.15) is 18.5 Å². The number of hydrogen-bond acceptors (Lipinski definition) is 3. The van der Waals surface area contributed by atoms with Crippen molar-refractivity contribution < 1.29 is 8.42 Å². The zero-order chi connectivity index (χ0) is 16.0. The molecule has 1 atom stereocenters. The molecule has 4 N–H and O–H groups in total. The quantitative estimate of drug-likeness (QED) is 0.410. The van der Waals surface area contributed by atoms with Crippen molar-refractivity contribution in [1.82, 2.24) is 10.0 Å². The molecule has 0 aliphatic carbocycles. The Bertz CT molecular complexity index is 620. The van der Waals surface area contributed by atoms with E-state index in [1.807, 2.05) is 6.92 Å². The molecule has 0 saturated carbocycles. The molecule has 0 amide bonds. The fourth-order valence-electron chi connectivity index (χ4n) is 1.61. The highest BCUT2D eigenvalue weighted by Gasteiger charge is 2.10. The highest BCUT2D eigenvalue weighted by molar-refractivity contribution is 7.88. The molecule has 21 heavy (non-hydrogen) atoms. The first kappa shape index (κ1) is 18.0. The second-order valence-electron chi connectivity index (χ2n) is 4.47. The van der Waals surface area contributed by atoms with Gasteiger partial charge in [0.1, 0.15) is 0 Å². The van der Waals surface area contributed by atoms with E-state index in [-0.39, 0.29) is 25.1 Å². The highest BCUT2D eigenvalue weighted by Crippen LogP contribution is 2.25. The predicted molar refractivity (Wildman–Crippen MR) is 87.3 cm³/mol. The van der Waals surface area contributed by atoms with Gasteiger partial charge in [-0.3, -0.25) is 4.99 Å². The number of hydrogen-bond donors (Lipinski definition) is 3. The van der Waals surface area contributed by atoms with Gasteiger partial charge in [-0.15, -0.1) is 0 Å². The van der Waals surface area contributed by atoms with E-state index >= 15 is 0 Å². The van der Waals surface area contributed by atoms with Crippen LogP contribution in [0, 0.1) is 0 Å². The summed E-state index contributed by atoms with van der Waals surface area (Å²) in [7, 11) is -3.21. The fourth-order valence-corrected chi connectivity index (χ4v) is 2.64. The molecule has 1 aromatic rings. The van der Waals surface area contributed by atoms with E-state index in [1.54, 1.807) is 18.2 Å². The summed E-state index contributed by atoms with van der Waals surface area (Å²) in [6.45, 7) is 2.32. The van der Waals surface area contributed by atoms with Gasteiger partial charge in [-0.2, -0.15) is 0 Å². The SMILES string of the molecule is CC(NC(N)=NCCNS(C)(=O)=O)c1ccc(Cl)cc1Cl. The van der Waals surface area contributed by atoms with Gasteiger partial charge in [-0.05, 0) is 24.6 Å². The lowest BCUT2D eigenvalue weighted by Gasteiger charge is -2.16. The predicted octanol–water partition coefficient (Wildman–Crippen LogP) is 1.51. The van der Waals surface area contributed by atoms with E-state index in [1.165, 1.54) is 0 Å². The Labute approximate surface area is 134 Å². The molecule has 1 aromatic carbocycles. The van der Waals surface area contributed by atoms with Crippen molar-refractivity contribution in [2.75, 3.05) is 19.3 Å². The van der Waals surface area contributed by atoms with Crippen molar-refractivity contribution in [2.45, 2.75) is 13.0 Å². The molecule has 0 fully saturated rings. The third kappa shape index (κ3) is 6.99. The molecule has 0 radical (unpaired) electrons. The van der Waals surface area contributed by atoms with Crippen LogP contribution in [0.4, 0.5) is 0 Å². The molecular formula is C12H18Cl2N4O2S. The minimum atomic E-state index is -3.21. The summed E-state index contributed by atoms with van der Waals surface area (Å²) < 4.78 is 24.1. The third-order valence-electron chi connectivity index (χ3n) is 2.55. The van der Waals surface area contributed by atoms with Gasteiger partial charge in [0.25, 0.3) is 0 Å². The first-order valence-corrected chi connectivity index (χ1v) is 8.80. The van der Waals surface area contributed by atoms with Gasteiger partial charge in [0.2, 0.25) is 10.0 Å². The van der Waals surface area contributed by atoms with Gasteiger partial charge in [0, 0.05) is 16.6 Å². The third-order valence-corrected chi connectivity index (χ3v) is 3.84. The average molecular weight is 353 g/mol. The van der Waals surface area contributed by atoms with Gasteiger partial charge in [-0.1, -0.05) is 29.3 Å². The standard InChI is InChI=1S/C12H18Cl2N4O2S/c1-8(10-4-3-9(13)7-11(10)14)18-12(15)16-5-6-17-21(2,19)20/h3-4,7-8,17H,5-6H2,1-2H3,(H3,15,16,18). The maximum atomic E-state index is 10.9. The van der Waals surface area contributed by atoms with E-state index in [2.05, 4.69) is 15.0 Å². The molecule has 0 heterocycles. The van der Waals surface area contributed by atoms with Crippen molar-refractivity contribution in [3.63, 3.8) is 0 Å².